The van der Waals surface area contributed by atoms with Crippen molar-refractivity contribution in [1.29, 1.82) is 0 Å². The van der Waals surface area contributed by atoms with Crippen LogP contribution < -0.4 is 9.64 Å². The Bertz CT molecular complexity index is 1200. The summed E-state index contributed by atoms with van der Waals surface area (Å²) in [5, 5.41) is 12.1. The van der Waals surface area contributed by atoms with Gasteiger partial charge in [-0.2, -0.15) is 0 Å². The molecule has 4 rings (SSSR count). The second kappa shape index (κ2) is 12.2. The van der Waals surface area contributed by atoms with Crippen LogP contribution >= 0.6 is 11.3 Å². The van der Waals surface area contributed by atoms with Gasteiger partial charge in [0.25, 0.3) is 0 Å². The molecule has 35 heavy (non-hydrogen) atoms. The highest BCUT2D eigenvalue weighted by Gasteiger charge is 2.11. The molecule has 1 N–H and O–H groups in total. The summed E-state index contributed by atoms with van der Waals surface area (Å²) in [6, 6.07) is 26.4. The largest absolute Gasteiger partial charge is 0.489 e. The molecule has 0 bridgehead atoms. The quantitative estimate of drug-likeness (QED) is 0.238. The van der Waals surface area contributed by atoms with E-state index in [1.807, 2.05) is 42.5 Å². The van der Waals surface area contributed by atoms with Crippen LogP contribution in [0.15, 0.2) is 84.2 Å². The first-order valence-corrected chi connectivity index (χ1v) is 12.8. The van der Waals surface area contributed by atoms with E-state index >= 15 is 0 Å². The van der Waals surface area contributed by atoms with Crippen molar-refractivity contribution in [3.63, 3.8) is 0 Å². The molecule has 0 saturated carbocycles. The lowest BCUT2D eigenvalue weighted by molar-refractivity contribution is -0.136. The number of rotatable bonds is 12. The summed E-state index contributed by atoms with van der Waals surface area (Å²) in [4.78, 5) is 17.9. The highest BCUT2D eigenvalue weighted by Crippen LogP contribution is 2.25. The second-order valence-corrected chi connectivity index (χ2v) is 9.35. The Hall–Kier alpha value is -3.64. The average molecular weight is 487 g/mol. The van der Waals surface area contributed by atoms with Crippen molar-refractivity contribution in [3.05, 3.63) is 100 Å². The number of aromatic nitrogens is 1. The number of hydrogen-bond donors (Lipinski definition) is 1. The number of aryl methyl sites for hydroxylation is 1. The van der Waals surface area contributed by atoms with Crippen LogP contribution in [-0.4, -0.2) is 22.6 Å². The van der Waals surface area contributed by atoms with E-state index in [1.54, 1.807) is 11.3 Å². The van der Waals surface area contributed by atoms with Crippen LogP contribution in [0.1, 0.15) is 35.9 Å². The molecule has 1 heterocycles. The molecule has 0 fully saturated rings. The van der Waals surface area contributed by atoms with Gasteiger partial charge < -0.3 is 14.7 Å². The zero-order valence-electron chi connectivity index (χ0n) is 19.9. The summed E-state index contributed by atoms with van der Waals surface area (Å²) < 4.78 is 5.92. The summed E-state index contributed by atoms with van der Waals surface area (Å²) in [6.07, 6.45) is 1.72. The molecule has 0 amide bonds. The zero-order valence-corrected chi connectivity index (χ0v) is 20.7. The van der Waals surface area contributed by atoms with Crippen LogP contribution in [0.5, 0.6) is 5.75 Å². The number of nitrogens with zero attached hydrogens (tertiary/aromatic N) is 2. The number of hydrogen-bond acceptors (Lipinski definition) is 5. The fraction of sp³-hybridized carbons (Fsp3) is 0.241. The highest BCUT2D eigenvalue weighted by atomic mass is 32.1. The summed E-state index contributed by atoms with van der Waals surface area (Å²) in [5.74, 6) is -0.00591. The summed E-state index contributed by atoms with van der Waals surface area (Å²) in [5.41, 5.74) is 5.45. The Morgan fingerprint density at radius 1 is 0.971 bits per heavy atom. The minimum absolute atomic E-state index is 0.137. The third kappa shape index (κ3) is 7.17. The average Bonchev–Trinajstić information content (AvgIpc) is 3.36. The van der Waals surface area contributed by atoms with E-state index in [1.165, 1.54) is 5.69 Å². The Kier molecular flexibility index (Phi) is 8.52. The number of anilines is 1. The molecule has 0 radical (unpaired) electrons. The highest BCUT2D eigenvalue weighted by molar-refractivity contribution is 7.10. The molecule has 180 valence electrons. The molecule has 0 unspecified atom stereocenters. The number of carboxylic acid groups (broad SMARTS) is 1. The van der Waals surface area contributed by atoms with E-state index in [0.717, 1.165) is 52.7 Å². The molecule has 0 spiro atoms. The van der Waals surface area contributed by atoms with Crippen LogP contribution in [0, 0.1) is 0 Å². The van der Waals surface area contributed by atoms with Crippen molar-refractivity contribution in [3.8, 4) is 17.0 Å². The van der Waals surface area contributed by atoms with Crippen molar-refractivity contribution < 1.29 is 14.6 Å². The van der Waals surface area contributed by atoms with Gasteiger partial charge in [0.1, 0.15) is 17.4 Å². The molecular weight excluding hydrogens is 456 g/mol. The molecule has 0 atom stereocenters. The Balaban J connectivity index is 1.34. The smallest absolute Gasteiger partial charge is 0.303 e. The number of thiazole rings is 1. The van der Waals surface area contributed by atoms with E-state index in [2.05, 4.69) is 53.6 Å². The summed E-state index contributed by atoms with van der Waals surface area (Å²) in [6.45, 7) is 4.43. The van der Waals surface area contributed by atoms with Gasteiger partial charge in [0.2, 0.25) is 0 Å². The molecule has 0 saturated heterocycles. The van der Waals surface area contributed by atoms with E-state index in [-0.39, 0.29) is 6.42 Å². The minimum Gasteiger partial charge on any atom is -0.489 e. The van der Waals surface area contributed by atoms with Gasteiger partial charge in [-0.25, -0.2) is 4.98 Å². The summed E-state index contributed by atoms with van der Waals surface area (Å²) in [7, 11) is 0. The van der Waals surface area contributed by atoms with Gasteiger partial charge in [-0.15, -0.1) is 11.3 Å². The fourth-order valence-electron chi connectivity index (χ4n) is 3.83. The van der Waals surface area contributed by atoms with Gasteiger partial charge in [0, 0.05) is 29.6 Å². The maximum Gasteiger partial charge on any atom is 0.303 e. The lowest BCUT2D eigenvalue weighted by Crippen LogP contribution is -2.23. The van der Waals surface area contributed by atoms with Gasteiger partial charge in [0.15, 0.2) is 0 Å². The van der Waals surface area contributed by atoms with Crippen LogP contribution in [0.4, 0.5) is 5.69 Å². The van der Waals surface area contributed by atoms with E-state index in [4.69, 9.17) is 14.8 Å². The lowest BCUT2D eigenvalue weighted by atomic mass is 10.1. The fourth-order valence-corrected chi connectivity index (χ4v) is 4.65. The predicted molar refractivity (Wildman–Crippen MR) is 142 cm³/mol. The first kappa shape index (κ1) is 24.5. The van der Waals surface area contributed by atoms with Crippen molar-refractivity contribution >= 4 is 23.0 Å². The maximum absolute atomic E-state index is 10.7. The predicted octanol–water partition coefficient (Wildman–Crippen LogP) is 6.82. The van der Waals surface area contributed by atoms with Crippen molar-refractivity contribution in [1.82, 2.24) is 4.98 Å². The molecule has 4 aromatic rings. The Labute approximate surface area is 210 Å². The van der Waals surface area contributed by atoms with E-state index in [9.17, 15) is 4.79 Å². The zero-order chi connectivity index (χ0) is 24.5. The number of aliphatic carboxylic acids is 1. The van der Waals surface area contributed by atoms with Gasteiger partial charge in [-0.1, -0.05) is 61.5 Å². The number of carboxylic acids is 1. The van der Waals surface area contributed by atoms with Gasteiger partial charge in [0.05, 0.1) is 12.2 Å². The van der Waals surface area contributed by atoms with Gasteiger partial charge in [-0.05, 0) is 48.2 Å². The first-order chi connectivity index (χ1) is 17.1. The third-order valence-corrected chi connectivity index (χ3v) is 6.53. The molecular formula is C29H30N2O3S. The number of ether oxygens (including phenoxy) is 1. The molecule has 0 aliphatic heterocycles. The molecule has 5 nitrogen and oxygen atoms in total. The van der Waals surface area contributed by atoms with Gasteiger partial charge >= 0.3 is 5.97 Å². The molecule has 3 aromatic carbocycles. The molecule has 0 aliphatic carbocycles. The SMILES string of the molecule is CCCN(Cc1nc(-c2ccccc2)cs1)c1ccc(COc2ccc(CCC(=O)O)cc2)cc1. The number of benzene rings is 3. The third-order valence-electron chi connectivity index (χ3n) is 5.70. The molecule has 1 aromatic heterocycles. The van der Waals surface area contributed by atoms with Crippen LogP contribution in [-0.2, 0) is 24.4 Å². The lowest BCUT2D eigenvalue weighted by Gasteiger charge is -2.23. The van der Waals surface area contributed by atoms with Crippen LogP contribution in [0.25, 0.3) is 11.3 Å². The number of carbonyl (C=O) groups is 1. The normalized spacial score (nSPS) is 10.8. The molecule has 6 heteroatoms. The Morgan fingerprint density at radius 3 is 2.37 bits per heavy atom. The summed E-state index contributed by atoms with van der Waals surface area (Å²) >= 11 is 1.71. The second-order valence-electron chi connectivity index (χ2n) is 8.41. The van der Waals surface area contributed by atoms with Crippen LogP contribution in [0.3, 0.4) is 0 Å². The monoisotopic (exact) mass is 486 g/mol. The van der Waals surface area contributed by atoms with Crippen LogP contribution in [0.2, 0.25) is 0 Å². The standard InChI is InChI=1S/C29H30N2O3S/c1-2-18-31(19-28-30-27(21-35-28)24-6-4-3-5-7-24)25-13-8-23(9-14-25)20-34-26-15-10-22(11-16-26)12-17-29(32)33/h3-11,13-16,21H,2,12,17-20H2,1H3,(H,32,33). The maximum atomic E-state index is 10.7. The van der Waals surface area contributed by atoms with E-state index in [0.29, 0.717) is 13.0 Å². The Morgan fingerprint density at radius 2 is 1.69 bits per heavy atom. The minimum atomic E-state index is -0.783. The van der Waals surface area contributed by atoms with Crippen molar-refractivity contribution in [2.24, 2.45) is 0 Å². The molecule has 0 aliphatic rings. The topological polar surface area (TPSA) is 62.7 Å². The first-order valence-electron chi connectivity index (χ1n) is 11.9. The van der Waals surface area contributed by atoms with Crippen molar-refractivity contribution in [2.75, 3.05) is 11.4 Å². The van der Waals surface area contributed by atoms with Gasteiger partial charge in [-0.3, -0.25) is 4.79 Å². The van der Waals surface area contributed by atoms with Crippen molar-refractivity contribution in [2.45, 2.75) is 39.3 Å². The van der Waals surface area contributed by atoms with E-state index < -0.39 is 5.97 Å².